The second-order valence-corrected chi connectivity index (χ2v) is 7.61. The Bertz CT molecular complexity index is 829. The molecule has 0 saturated heterocycles. The smallest absolute Gasteiger partial charge is 0.253 e. The number of hydrogen-bond donors (Lipinski definition) is 2. The van der Waals surface area contributed by atoms with Crippen molar-refractivity contribution in [3.05, 3.63) is 65.7 Å². The number of hydrogen-bond acceptors (Lipinski definition) is 4. The Balaban J connectivity index is 0.00000364. The minimum absolute atomic E-state index is 0. The zero-order valence-electron chi connectivity index (χ0n) is 15.3. The van der Waals surface area contributed by atoms with E-state index in [2.05, 4.69) is 4.72 Å². The summed E-state index contributed by atoms with van der Waals surface area (Å²) in [5.41, 5.74) is 7.12. The Morgan fingerprint density at radius 3 is 2.41 bits per heavy atom. The Kier molecular flexibility index (Phi) is 9.45. The van der Waals surface area contributed by atoms with Crippen LogP contribution >= 0.6 is 12.4 Å². The number of nitrogens with one attached hydrogen (secondary N) is 1. The van der Waals surface area contributed by atoms with Gasteiger partial charge in [0.1, 0.15) is 0 Å². The van der Waals surface area contributed by atoms with Crippen LogP contribution in [0.15, 0.2) is 59.5 Å². The highest BCUT2D eigenvalue weighted by Crippen LogP contribution is 2.14. The van der Waals surface area contributed by atoms with Gasteiger partial charge in [0.05, 0.1) is 4.90 Å². The number of halogens is 1. The number of amides is 1. The van der Waals surface area contributed by atoms with Gasteiger partial charge >= 0.3 is 0 Å². The fourth-order valence-corrected chi connectivity index (χ4v) is 3.72. The number of carbonyl (C=O) groups is 1. The van der Waals surface area contributed by atoms with Crippen molar-refractivity contribution in [2.75, 3.05) is 26.2 Å². The molecule has 0 spiro atoms. The first-order chi connectivity index (χ1) is 12.5. The molecular formula is C19H26ClN3O3S. The van der Waals surface area contributed by atoms with Crippen LogP contribution in [0.2, 0.25) is 0 Å². The summed E-state index contributed by atoms with van der Waals surface area (Å²) in [5.74, 6) is -0.222. The molecular weight excluding hydrogens is 386 g/mol. The van der Waals surface area contributed by atoms with Crippen LogP contribution in [0.3, 0.4) is 0 Å². The number of sulfonamides is 1. The second kappa shape index (κ2) is 11.0. The molecule has 8 heteroatoms. The van der Waals surface area contributed by atoms with E-state index in [0.717, 1.165) is 5.56 Å². The summed E-state index contributed by atoms with van der Waals surface area (Å²) in [6, 6.07) is 16.0. The highest BCUT2D eigenvalue weighted by molar-refractivity contribution is 7.89. The van der Waals surface area contributed by atoms with Gasteiger partial charge in [-0.25, -0.2) is 13.1 Å². The van der Waals surface area contributed by atoms with Crippen LogP contribution in [-0.2, 0) is 16.4 Å². The second-order valence-electron chi connectivity index (χ2n) is 5.85. The van der Waals surface area contributed by atoms with E-state index in [-0.39, 0.29) is 29.8 Å². The molecule has 2 aromatic rings. The molecule has 2 aromatic carbocycles. The maximum absolute atomic E-state index is 12.8. The molecule has 0 unspecified atom stereocenters. The summed E-state index contributed by atoms with van der Waals surface area (Å²) in [6.07, 6.45) is 0.710. The van der Waals surface area contributed by atoms with Gasteiger partial charge in [-0.3, -0.25) is 4.79 Å². The Morgan fingerprint density at radius 1 is 1.07 bits per heavy atom. The third-order valence-electron chi connectivity index (χ3n) is 3.93. The van der Waals surface area contributed by atoms with Crippen LogP contribution in [-0.4, -0.2) is 45.4 Å². The summed E-state index contributed by atoms with van der Waals surface area (Å²) >= 11 is 0. The maximum atomic E-state index is 12.8. The average Bonchev–Trinajstić information content (AvgIpc) is 2.65. The average molecular weight is 412 g/mol. The number of nitrogens with two attached hydrogens (primary N) is 1. The van der Waals surface area contributed by atoms with E-state index >= 15 is 0 Å². The van der Waals surface area contributed by atoms with Crippen molar-refractivity contribution in [2.24, 2.45) is 5.73 Å². The normalized spacial score (nSPS) is 10.9. The highest BCUT2D eigenvalue weighted by Gasteiger charge is 2.19. The minimum Gasteiger partial charge on any atom is -0.337 e. The van der Waals surface area contributed by atoms with Crippen LogP contribution in [0.1, 0.15) is 22.8 Å². The van der Waals surface area contributed by atoms with Gasteiger partial charge in [0.15, 0.2) is 0 Å². The SMILES string of the molecule is CCNS(=O)(=O)c1cccc(C(=O)N(CCN)CCc2ccccc2)c1.Cl. The van der Waals surface area contributed by atoms with Crippen molar-refractivity contribution in [2.45, 2.75) is 18.2 Å². The third kappa shape index (κ3) is 6.62. The van der Waals surface area contributed by atoms with Gasteiger partial charge in [0.25, 0.3) is 5.91 Å². The van der Waals surface area contributed by atoms with Gasteiger partial charge in [-0.15, -0.1) is 12.4 Å². The lowest BCUT2D eigenvalue weighted by atomic mass is 10.1. The maximum Gasteiger partial charge on any atom is 0.253 e. The van der Waals surface area contributed by atoms with Crippen molar-refractivity contribution in [1.29, 1.82) is 0 Å². The summed E-state index contributed by atoms with van der Waals surface area (Å²) in [7, 11) is -3.61. The predicted octanol–water partition coefficient (Wildman–Crippen LogP) is 2.05. The summed E-state index contributed by atoms with van der Waals surface area (Å²) < 4.78 is 26.7. The molecule has 0 atom stereocenters. The molecule has 0 aliphatic carbocycles. The van der Waals surface area contributed by atoms with E-state index in [1.165, 1.54) is 12.1 Å². The van der Waals surface area contributed by atoms with Crippen molar-refractivity contribution in [1.82, 2.24) is 9.62 Å². The molecule has 0 bridgehead atoms. The lowest BCUT2D eigenvalue weighted by molar-refractivity contribution is 0.0762. The lowest BCUT2D eigenvalue weighted by Gasteiger charge is -2.22. The van der Waals surface area contributed by atoms with Gasteiger partial charge < -0.3 is 10.6 Å². The van der Waals surface area contributed by atoms with Crippen molar-refractivity contribution >= 4 is 28.3 Å². The molecule has 2 rings (SSSR count). The largest absolute Gasteiger partial charge is 0.337 e. The number of nitrogens with zero attached hydrogens (tertiary/aromatic N) is 1. The van der Waals surface area contributed by atoms with Gasteiger partial charge in [0, 0.05) is 31.7 Å². The predicted molar refractivity (Wildman–Crippen MR) is 110 cm³/mol. The first kappa shape index (κ1) is 23.1. The zero-order chi connectivity index (χ0) is 19.0. The van der Waals surface area contributed by atoms with Crippen LogP contribution < -0.4 is 10.5 Å². The van der Waals surface area contributed by atoms with Crippen LogP contribution in [0.25, 0.3) is 0 Å². The third-order valence-corrected chi connectivity index (χ3v) is 5.47. The summed E-state index contributed by atoms with van der Waals surface area (Å²) in [6.45, 7) is 3.27. The quantitative estimate of drug-likeness (QED) is 0.660. The van der Waals surface area contributed by atoms with Crippen molar-refractivity contribution in [3.63, 3.8) is 0 Å². The van der Waals surface area contributed by atoms with Crippen molar-refractivity contribution in [3.8, 4) is 0 Å². The molecule has 6 nitrogen and oxygen atoms in total. The molecule has 27 heavy (non-hydrogen) atoms. The van der Waals surface area contributed by atoms with E-state index in [1.54, 1.807) is 24.0 Å². The highest BCUT2D eigenvalue weighted by atomic mass is 35.5. The first-order valence-corrected chi connectivity index (χ1v) is 10.1. The van der Waals surface area contributed by atoms with Crippen molar-refractivity contribution < 1.29 is 13.2 Å². The van der Waals surface area contributed by atoms with E-state index in [9.17, 15) is 13.2 Å². The summed E-state index contributed by atoms with van der Waals surface area (Å²) in [5, 5.41) is 0. The fraction of sp³-hybridized carbons (Fsp3) is 0.316. The van der Waals surface area contributed by atoms with E-state index in [0.29, 0.717) is 31.6 Å². The van der Waals surface area contributed by atoms with E-state index in [1.807, 2.05) is 30.3 Å². The Hall–Kier alpha value is -1.93. The molecule has 3 N–H and O–H groups in total. The summed E-state index contributed by atoms with van der Waals surface area (Å²) in [4.78, 5) is 14.6. The minimum atomic E-state index is -3.61. The van der Waals surface area contributed by atoms with Gasteiger partial charge in [-0.05, 0) is 30.2 Å². The Labute approximate surface area is 167 Å². The monoisotopic (exact) mass is 411 g/mol. The lowest BCUT2D eigenvalue weighted by Crippen LogP contribution is -2.37. The molecule has 0 radical (unpaired) electrons. The van der Waals surface area contributed by atoms with Crippen LogP contribution in [0.5, 0.6) is 0 Å². The van der Waals surface area contributed by atoms with Gasteiger partial charge in [-0.2, -0.15) is 0 Å². The molecule has 0 fully saturated rings. The Morgan fingerprint density at radius 2 is 1.78 bits per heavy atom. The molecule has 0 heterocycles. The number of rotatable bonds is 9. The fourth-order valence-electron chi connectivity index (χ4n) is 2.63. The molecule has 0 saturated carbocycles. The zero-order valence-corrected chi connectivity index (χ0v) is 16.9. The van der Waals surface area contributed by atoms with Gasteiger partial charge in [-0.1, -0.05) is 43.3 Å². The molecule has 1 amide bonds. The van der Waals surface area contributed by atoms with E-state index in [4.69, 9.17) is 5.73 Å². The van der Waals surface area contributed by atoms with Crippen LogP contribution in [0.4, 0.5) is 0 Å². The molecule has 148 valence electrons. The molecule has 0 aromatic heterocycles. The van der Waals surface area contributed by atoms with Gasteiger partial charge in [0.2, 0.25) is 10.0 Å². The molecule has 0 aliphatic heterocycles. The van der Waals surface area contributed by atoms with Crippen LogP contribution in [0, 0.1) is 0 Å². The number of carbonyl (C=O) groups excluding carboxylic acids is 1. The topological polar surface area (TPSA) is 92.5 Å². The number of benzene rings is 2. The standard InChI is InChI=1S/C19H25N3O3S.ClH/c1-2-21-26(24,25)18-10-6-9-17(15-18)19(23)22(14-12-20)13-11-16-7-4-3-5-8-16;/h3-10,15,21H,2,11-14,20H2,1H3;1H. The molecule has 0 aliphatic rings. The van der Waals surface area contributed by atoms with E-state index < -0.39 is 10.0 Å². The first-order valence-electron chi connectivity index (χ1n) is 8.61.